The fourth-order valence-corrected chi connectivity index (χ4v) is 9.87. The van der Waals surface area contributed by atoms with Crippen LogP contribution in [-0.2, 0) is 19.2 Å². The van der Waals surface area contributed by atoms with Crippen LogP contribution in [0.25, 0.3) is 44.4 Å². The minimum Gasteiger partial charge on any atom is -0.481 e. The summed E-state index contributed by atoms with van der Waals surface area (Å²) < 4.78 is 0. The molecule has 0 fully saturated rings. The molecule has 58 heavy (non-hydrogen) atoms. The van der Waals surface area contributed by atoms with Gasteiger partial charge in [0.1, 0.15) is 12.1 Å². The maximum absolute atomic E-state index is 11.8. The van der Waals surface area contributed by atoms with Crippen molar-refractivity contribution in [1.82, 2.24) is 19.9 Å². The number of carboxylic acids is 4. The number of aryl methyl sites for hydroxylation is 2. The molecule has 0 saturated carbocycles. The Morgan fingerprint density at radius 1 is 0.603 bits per heavy atom. The van der Waals surface area contributed by atoms with Gasteiger partial charge in [0.05, 0.1) is 22.8 Å². The third-order valence-electron chi connectivity index (χ3n) is 10.9. The molecule has 0 spiro atoms. The topological polar surface area (TPSA) is 259 Å². The first-order valence-corrected chi connectivity index (χ1v) is 21.3. The highest BCUT2D eigenvalue weighted by Crippen LogP contribution is 2.42. The first kappa shape index (κ1) is 44.2. The molecule has 3 aromatic rings. The summed E-state index contributed by atoms with van der Waals surface area (Å²) in [6.45, 7) is 12.1. The SMILES string of the molecule is CC1=C(CCC(=O)O)c2cc3nc(cc4[nH]c(cc5[nH]c(cc1n2)c(C)c5C(C)SCCC(N)C(=O)O)c(C)c4C(C)SCCC(N)C(=O)O)C(C)=C3CCC(=O)O. The van der Waals surface area contributed by atoms with E-state index in [4.69, 9.17) is 21.4 Å². The second-order valence-corrected chi connectivity index (χ2v) is 17.7. The number of fused-ring (bicyclic) bond motifs is 8. The number of hydrogen-bond acceptors (Lipinski definition) is 10. The molecule has 10 N–H and O–H groups in total. The molecule has 0 amide bonds. The Kier molecular flexibility index (Phi) is 14.3. The normalized spacial score (nSPS) is 15.0. The lowest BCUT2D eigenvalue weighted by Gasteiger charge is -2.14. The maximum atomic E-state index is 11.8. The van der Waals surface area contributed by atoms with Gasteiger partial charge in [-0.2, -0.15) is 23.5 Å². The number of carbonyl (C=O) groups is 4. The standard InChI is InChI=1S/C42H52N6O8S2/c1-19-25(7-9-37(49)50)33-18-34-26(8-10-38(51)52)20(2)30(46-34)16-35-40(24(6)58-14-12-28(44)42(55)56)22(4)32(48-35)17-36-39(21(3)31(47-36)15-29(19)45-33)23(5)57-13-11-27(43)41(53)54/h15-18,23-24,27-28,47-48H,7-14,43-44H2,1-6H3,(H,49,50)(H,51,52)(H,53,54)(H,55,56). The van der Waals surface area contributed by atoms with Gasteiger partial charge in [0, 0.05) is 45.4 Å². The van der Waals surface area contributed by atoms with Gasteiger partial charge in [-0.3, -0.25) is 19.2 Å². The van der Waals surface area contributed by atoms with Crippen molar-refractivity contribution >= 4 is 91.8 Å². The van der Waals surface area contributed by atoms with Crippen LogP contribution < -0.4 is 11.5 Å². The largest absolute Gasteiger partial charge is 0.481 e. The number of carboxylic acid groups (broad SMARTS) is 4. The summed E-state index contributed by atoms with van der Waals surface area (Å²) in [6, 6.07) is 5.89. The predicted molar refractivity (Wildman–Crippen MR) is 231 cm³/mol. The van der Waals surface area contributed by atoms with Crippen molar-refractivity contribution in [2.24, 2.45) is 11.5 Å². The molecule has 14 nitrogen and oxygen atoms in total. The van der Waals surface area contributed by atoms with E-state index in [1.54, 1.807) is 23.5 Å². The average Bonchev–Trinajstić information content (AvgIpc) is 3.82. The Bertz CT molecular complexity index is 2360. The van der Waals surface area contributed by atoms with Crippen molar-refractivity contribution in [3.05, 3.63) is 69.3 Å². The van der Waals surface area contributed by atoms with Crippen molar-refractivity contribution < 1.29 is 39.6 Å². The maximum Gasteiger partial charge on any atom is 0.320 e. The molecule has 0 aliphatic carbocycles. The fourth-order valence-electron chi connectivity index (χ4n) is 7.45. The summed E-state index contributed by atoms with van der Waals surface area (Å²) in [5.41, 5.74) is 24.5. The number of nitrogens with one attached hydrogen (secondary N) is 2. The molecule has 5 rings (SSSR count). The van der Waals surface area contributed by atoms with Crippen molar-refractivity contribution in [3.63, 3.8) is 0 Å². The van der Waals surface area contributed by atoms with E-state index in [2.05, 4.69) is 29.9 Å². The molecule has 310 valence electrons. The van der Waals surface area contributed by atoms with Crippen LogP contribution in [0.3, 0.4) is 0 Å². The van der Waals surface area contributed by atoms with E-state index in [0.717, 1.165) is 66.6 Å². The Hall–Kier alpha value is -4.90. The number of aromatic nitrogens is 4. The zero-order valence-corrected chi connectivity index (χ0v) is 35.2. The van der Waals surface area contributed by atoms with Crippen LogP contribution in [0.4, 0.5) is 0 Å². The molecular weight excluding hydrogens is 781 g/mol. The zero-order chi connectivity index (χ0) is 42.6. The minimum absolute atomic E-state index is 0.0661. The van der Waals surface area contributed by atoms with Crippen molar-refractivity contribution in [3.8, 4) is 0 Å². The lowest BCUT2D eigenvalue weighted by molar-refractivity contribution is -0.139. The smallest absolute Gasteiger partial charge is 0.320 e. The van der Waals surface area contributed by atoms with Gasteiger partial charge in [-0.15, -0.1) is 0 Å². The Morgan fingerprint density at radius 2 is 0.983 bits per heavy atom. The molecule has 0 radical (unpaired) electrons. The summed E-state index contributed by atoms with van der Waals surface area (Å²) in [4.78, 5) is 63.8. The van der Waals surface area contributed by atoms with Gasteiger partial charge in [-0.25, -0.2) is 9.97 Å². The molecule has 0 saturated heterocycles. The van der Waals surface area contributed by atoms with Gasteiger partial charge in [0.15, 0.2) is 0 Å². The summed E-state index contributed by atoms with van der Waals surface area (Å²) in [5.74, 6) is -2.93. The number of thioether (sulfide) groups is 2. The van der Waals surface area contributed by atoms with Gasteiger partial charge in [0.2, 0.25) is 0 Å². The van der Waals surface area contributed by atoms with E-state index in [1.165, 1.54) is 0 Å². The van der Waals surface area contributed by atoms with E-state index < -0.39 is 36.0 Å². The number of aromatic amines is 2. The highest BCUT2D eigenvalue weighted by atomic mass is 32.2. The highest BCUT2D eigenvalue weighted by Gasteiger charge is 2.25. The van der Waals surface area contributed by atoms with Gasteiger partial charge >= 0.3 is 23.9 Å². The van der Waals surface area contributed by atoms with E-state index in [0.29, 0.717) is 47.1 Å². The summed E-state index contributed by atoms with van der Waals surface area (Å²) in [5, 5.41) is 37.9. The first-order valence-electron chi connectivity index (χ1n) is 19.2. The van der Waals surface area contributed by atoms with Gasteiger partial charge < -0.3 is 41.9 Å². The lowest BCUT2D eigenvalue weighted by Crippen LogP contribution is -2.30. The summed E-state index contributed by atoms with van der Waals surface area (Å²) in [6.07, 6.45) is 0.852. The first-order chi connectivity index (χ1) is 27.4. The van der Waals surface area contributed by atoms with Crippen molar-refractivity contribution in [2.45, 2.75) is 103 Å². The number of allylic oxidation sites excluding steroid dienone is 4. The van der Waals surface area contributed by atoms with Crippen LogP contribution in [0.1, 0.15) is 122 Å². The van der Waals surface area contributed by atoms with E-state index in [-0.39, 0.29) is 36.2 Å². The minimum atomic E-state index is -1.05. The zero-order valence-electron chi connectivity index (χ0n) is 33.6. The molecule has 16 heteroatoms. The van der Waals surface area contributed by atoms with Crippen molar-refractivity contribution in [1.29, 1.82) is 0 Å². The number of nitrogens with two attached hydrogens (primary N) is 2. The average molecular weight is 833 g/mol. The van der Waals surface area contributed by atoms with Crippen molar-refractivity contribution in [2.75, 3.05) is 11.5 Å². The molecular formula is C42H52N6O8S2. The van der Waals surface area contributed by atoms with Crippen LogP contribution in [0.15, 0.2) is 24.3 Å². The van der Waals surface area contributed by atoms with E-state index in [1.807, 2.05) is 45.9 Å². The second kappa shape index (κ2) is 18.8. The monoisotopic (exact) mass is 832 g/mol. The van der Waals surface area contributed by atoms with E-state index >= 15 is 0 Å². The Labute approximate surface area is 345 Å². The van der Waals surface area contributed by atoms with Gasteiger partial charge in [-0.05, 0) is 148 Å². The number of rotatable bonds is 18. The molecule has 5 heterocycles. The molecule has 2 aliphatic heterocycles. The molecule has 8 bridgehead atoms. The molecule has 4 unspecified atom stereocenters. The summed E-state index contributed by atoms with van der Waals surface area (Å²) in [7, 11) is 0. The molecule has 2 aliphatic rings. The quantitative estimate of drug-likeness (QED) is 0.0611. The molecule has 0 aromatic carbocycles. The lowest BCUT2D eigenvalue weighted by atomic mass is 9.98. The Balaban J connectivity index is 1.83. The van der Waals surface area contributed by atoms with Gasteiger partial charge in [-0.1, -0.05) is 0 Å². The predicted octanol–water partition coefficient (Wildman–Crippen LogP) is 7.72. The number of hydrogen-bond donors (Lipinski definition) is 8. The molecule has 3 aromatic heterocycles. The second-order valence-electron chi connectivity index (χ2n) is 14.8. The number of H-pyrrole nitrogens is 2. The number of nitrogens with zero attached hydrogens (tertiary/aromatic N) is 2. The number of aliphatic carboxylic acids is 4. The fraction of sp³-hybridized carbons (Fsp3) is 0.429. The van der Waals surface area contributed by atoms with Crippen LogP contribution in [0, 0.1) is 13.8 Å². The third kappa shape index (κ3) is 10.0. The van der Waals surface area contributed by atoms with Gasteiger partial charge in [0.25, 0.3) is 0 Å². The summed E-state index contributed by atoms with van der Waals surface area (Å²) >= 11 is 3.21. The highest BCUT2D eigenvalue weighted by molar-refractivity contribution is 7.99. The van der Waals surface area contributed by atoms with E-state index in [9.17, 15) is 39.6 Å². The van der Waals surface area contributed by atoms with Crippen LogP contribution in [0.2, 0.25) is 0 Å². The van der Waals surface area contributed by atoms with Crippen LogP contribution in [0.5, 0.6) is 0 Å². The van der Waals surface area contributed by atoms with Crippen LogP contribution in [-0.4, -0.2) is 87.8 Å². The Morgan fingerprint density at radius 3 is 1.38 bits per heavy atom. The molecule has 4 atom stereocenters. The third-order valence-corrected chi connectivity index (χ3v) is 13.3. The van der Waals surface area contributed by atoms with Crippen LogP contribution >= 0.6 is 23.5 Å².